The van der Waals surface area contributed by atoms with Gasteiger partial charge in [-0.25, -0.2) is 9.37 Å². The number of H-pyrrole nitrogens is 1. The number of nitrogens with zero attached hydrogens (tertiary/aromatic N) is 4. The molecule has 40 heavy (non-hydrogen) atoms. The average Bonchev–Trinajstić information content (AvgIpc) is 3.64. The fourth-order valence-corrected chi connectivity index (χ4v) is 6.43. The van der Waals surface area contributed by atoms with E-state index in [1.54, 1.807) is 26.1 Å². The number of nitrogens with one attached hydrogen (secondary N) is 1. The molecule has 0 saturated heterocycles. The van der Waals surface area contributed by atoms with Crippen molar-refractivity contribution in [1.82, 2.24) is 23.9 Å². The Morgan fingerprint density at radius 1 is 0.975 bits per heavy atom. The zero-order chi connectivity index (χ0) is 27.4. The summed E-state index contributed by atoms with van der Waals surface area (Å²) in [6.45, 7) is 2.53. The number of thiazole rings is 1. The summed E-state index contributed by atoms with van der Waals surface area (Å²) in [6.07, 6.45) is 2.61. The zero-order valence-electron chi connectivity index (χ0n) is 21.6. The molecule has 7 nitrogen and oxygen atoms in total. The van der Waals surface area contributed by atoms with E-state index in [0.29, 0.717) is 34.7 Å². The predicted octanol–water partition coefficient (Wildman–Crippen LogP) is 5.78. The molecule has 0 radical (unpaired) electrons. The van der Waals surface area contributed by atoms with Crippen molar-refractivity contribution in [2.45, 2.75) is 26.4 Å². The van der Waals surface area contributed by atoms with Crippen molar-refractivity contribution in [1.29, 1.82) is 0 Å². The molecular formula is C31H24FN5O2S. The monoisotopic (exact) mass is 549 g/mol. The van der Waals surface area contributed by atoms with Gasteiger partial charge in [0.05, 0.1) is 27.7 Å². The maximum Gasteiger partial charge on any atom is 0.283 e. The Balaban J connectivity index is 1.39. The van der Waals surface area contributed by atoms with E-state index in [0.717, 1.165) is 32.2 Å². The van der Waals surface area contributed by atoms with Crippen LogP contribution in [-0.2, 0) is 19.5 Å². The molecule has 9 heteroatoms. The van der Waals surface area contributed by atoms with E-state index >= 15 is 0 Å². The van der Waals surface area contributed by atoms with Gasteiger partial charge in [0.15, 0.2) is 0 Å². The van der Waals surface area contributed by atoms with Crippen LogP contribution in [0.1, 0.15) is 16.8 Å². The Kier molecular flexibility index (Phi) is 5.74. The minimum absolute atomic E-state index is 0.181. The van der Waals surface area contributed by atoms with Crippen LogP contribution in [0.2, 0.25) is 0 Å². The summed E-state index contributed by atoms with van der Waals surface area (Å²) < 4.78 is 19.6. The highest BCUT2D eigenvalue weighted by Crippen LogP contribution is 2.27. The number of hydrogen-bond donors (Lipinski definition) is 1. The third-order valence-corrected chi connectivity index (χ3v) is 8.48. The molecular weight excluding hydrogens is 525 g/mol. The first kappa shape index (κ1) is 24.3. The van der Waals surface area contributed by atoms with Crippen molar-refractivity contribution in [2.24, 2.45) is 0 Å². The standard InChI is InChI=1S/C31H24FN5O2S/c1-19-29-26(16-28(38)35(19)15-14-21-17-33-24-7-3-2-6-23(21)24)36(18-20-10-12-22(32)13-11-20)37(30(29)39)31-34-25-8-4-5-9-27(25)40-31/h2-13,16-17,33H,14-15,18H2,1H3. The van der Waals surface area contributed by atoms with E-state index in [4.69, 9.17) is 4.98 Å². The molecule has 4 heterocycles. The molecule has 0 bridgehead atoms. The van der Waals surface area contributed by atoms with Gasteiger partial charge in [0.1, 0.15) is 5.82 Å². The van der Waals surface area contributed by atoms with Crippen LogP contribution in [0, 0.1) is 12.7 Å². The highest BCUT2D eigenvalue weighted by atomic mass is 32.1. The molecule has 0 atom stereocenters. The molecule has 1 N–H and O–H groups in total. The van der Waals surface area contributed by atoms with Crippen molar-refractivity contribution in [3.05, 3.63) is 128 Å². The molecule has 0 saturated carbocycles. The molecule has 198 valence electrons. The van der Waals surface area contributed by atoms with Crippen LogP contribution >= 0.6 is 11.3 Å². The lowest BCUT2D eigenvalue weighted by molar-refractivity contribution is 0.604. The van der Waals surface area contributed by atoms with Crippen molar-refractivity contribution < 1.29 is 4.39 Å². The topological polar surface area (TPSA) is 77.6 Å². The van der Waals surface area contributed by atoms with E-state index in [9.17, 15) is 14.0 Å². The summed E-state index contributed by atoms with van der Waals surface area (Å²) in [5.41, 5.74) is 4.47. The SMILES string of the molecule is Cc1c2c(=O)n(-c3nc4ccccc4s3)n(Cc3ccc(F)cc3)c2cc(=O)n1CCc1c[nH]c2ccccc12. The molecule has 0 fully saturated rings. The average molecular weight is 550 g/mol. The minimum Gasteiger partial charge on any atom is -0.361 e. The quantitative estimate of drug-likeness (QED) is 0.286. The lowest BCUT2D eigenvalue weighted by Gasteiger charge is -2.13. The second-order valence-electron chi connectivity index (χ2n) is 9.85. The molecule has 3 aromatic carbocycles. The van der Waals surface area contributed by atoms with Gasteiger partial charge in [-0.1, -0.05) is 53.8 Å². The Bertz CT molecular complexity index is 2130. The molecule has 0 aliphatic carbocycles. The lowest BCUT2D eigenvalue weighted by Crippen LogP contribution is -2.24. The first-order valence-electron chi connectivity index (χ1n) is 13.0. The summed E-state index contributed by atoms with van der Waals surface area (Å²) in [5, 5.41) is 2.11. The van der Waals surface area contributed by atoms with Gasteiger partial charge in [0, 0.05) is 35.4 Å². The second kappa shape index (κ2) is 9.46. The third-order valence-electron chi connectivity index (χ3n) is 7.46. The van der Waals surface area contributed by atoms with Gasteiger partial charge in [-0.15, -0.1) is 0 Å². The molecule has 0 spiro atoms. The maximum absolute atomic E-state index is 14.1. The molecule has 0 aliphatic heterocycles. The summed E-state index contributed by atoms with van der Waals surface area (Å²) in [6, 6.07) is 23.5. The van der Waals surface area contributed by atoms with Crippen molar-refractivity contribution in [3.63, 3.8) is 0 Å². The first-order chi connectivity index (χ1) is 19.5. The van der Waals surface area contributed by atoms with E-state index in [2.05, 4.69) is 11.1 Å². The fourth-order valence-electron chi connectivity index (χ4n) is 5.45. The third kappa shape index (κ3) is 3.97. The number of benzene rings is 3. The number of para-hydroxylation sites is 2. The van der Waals surface area contributed by atoms with Crippen LogP contribution in [0.5, 0.6) is 0 Å². The number of halogens is 1. The molecule has 4 aromatic heterocycles. The largest absolute Gasteiger partial charge is 0.361 e. The van der Waals surface area contributed by atoms with E-state index < -0.39 is 0 Å². The highest BCUT2D eigenvalue weighted by Gasteiger charge is 2.22. The normalized spacial score (nSPS) is 11.8. The van der Waals surface area contributed by atoms with E-state index in [1.165, 1.54) is 29.5 Å². The van der Waals surface area contributed by atoms with Gasteiger partial charge >= 0.3 is 0 Å². The van der Waals surface area contributed by atoms with Gasteiger partial charge in [0.2, 0.25) is 5.13 Å². The van der Waals surface area contributed by atoms with Gasteiger partial charge < -0.3 is 9.55 Å². The number of fused-ring (bicyclic) bond motifs is 3. The van der Waals surface area contributed by atoms with Gasteiger partial charge in [-0.3, -0.25) is 14.3 Å². The second-order valence-corrected chi connectivity index (χ2v) is 10.9. The van der Waals surface area contributed by atoms with E-state index in [-0.39, 0.29) is 23.5 Å². The Hall–Kier alpha value is -4.76. The van der Waals surface area contributed by atoms with Gasteiger partial charge in [0.25, 0.3) is 11.1 Å². The first-order valence-corrected chi connectivity index (χ1v) is 13.8. The van der Waals surface area contributed by atoms with Crippen LogP contribution in [-0.4, -0.2) is 23.9 Å². The number of aryl methyl sites for hydroxylation is 2. The van der Waals surface area contributed by atoms with Crippen LogP contribution in [0.15, 0.2) is 94.6 Å². The highest BCUT2D eigenvalue weighted by molar-refractivity contribution is 7.20. The predicted molar refractivity (Wildman–Crippen MR) is 157 cm³/mol. The van der Waals surface area contributed by atoms with Crippen LogP contribution in [0.3, 0.4) is 0 Å². The van der Waals surface area contributed by atoms with Crippen molar-refractivity contribution in [3.8, 4) is 5.13 Å². The number of aromatic amines is 1. The number of aromatic nitrogens is 5. The molecule has 0 amide bonds. The molecule has 0 unspecified atom stereocenters. The summed E-state index contributed by atoms with van der Waals surface area (Å²) >= 11 is 1.41. The Morgan fingerprint density at radius 3 is 2.58 bits per heavy atom. The zero-order valence-corrected chi connectivity index (χ0v) is 22.4. The van der Waals surface area contributed by atoms with Crippen LogP contribution in [0.4, 0.5) is 4.39 Å². The lowest BCUT2D eigenvalue weighted by atomic mass is 10.1. The molecule has 0 aliphatic rings. The van der Waals surface area contributed by atoms with Crippen LogP contribution in [0.25, 0.3) is 37.2 Å². The van der Waals surface area contributed by atoms with Crippen molar-refractivity contribution >= 4 is 43.4 Å². The summed E-state index contributed by atoms with van der Waals surface area (Å²) in [4.78, 5) is 35.6. The van der Waals surface area contributed by atoms with Crippen molar-refractivity contribution in [2.75, 3.05) is 0 Å². The number of rotatable bonds is 6. The van der Waals surface area contributed by atoms with Gasteiger partial charge in [-0.05, 0) is 54.8 Å². The fraction of sp³-hybridized carbons (Fsp3) is 0.129. The molecule has 7 rings (SSSR count). The number of hydrogen-bond acceptors (Lipinski definition) is 4. The summed E-state index contributed by atoms with van der Waals surface area (Å²) in [7, 11) is 0. The maximum atomic E-state index is 14.1. The smallest absolute Gasteiger partial charge is 0.283 e. The van der Waals surface area contributed by atoms with Gasteiger partial charge in [-0.2, -0.15) is 4.68 Å². The number of pyridine rings is 1. The minimum atomic E-state index is -0.335. The van der Waals surface area contributed by atoms with Crippen LogP contribution < -0.4 is 11.1 Å². The Morgan fingerprint density at radius 2 is 1.75 bits per heavy atom. The molecule has 7 aromatic rings. The Labute approximate surface area is 231 Å². The summed E-state index contributed by atoms with van der Waals surface area (Å²) in [5.74, 6) is -0.335. The van der Waals surface area contributed by atoms with E-state index in [1.807, 2.05) is 55.6 Å².